The average Bonchev–Trinajstić information content (AvgIpc) is 3.09. The molecule has 0 aromatic carbocycles. The van der Waals surface area contributed by atoms with Crippen LogP contribution in [0.25, 0.3) is 0 Å². The third-order valence-electron chi connectivity index (χ3n) is 8.95. The van der Waals surface area contributed by atoms with Crippen LogP contribution >= 0.6 is 0 Å². The fraction of sp³-hybridized carbons (Fsp3) is 0.833. The number of carboxylic acid groups (broad SMARTS) is 1. The molecule has 7 nitrogen and oxygen atoms in total. The van der Waals surface area contributed by atoms with Gasteiger partial charge in [-0.25, -0.2) is 0 Å². The van der Waals surface area contributed by atoms with Gasteiger partial charge in [0.1, 0.15) is 13.2 Å². The van der Waals surface area contributed by atoms with E-state index < -0.39 is 12.0 Å². The zero-order valence-corrected chi connectivity index (χ0v) is 32.0. The highest BCUT2D eigenvalue weighted by molar-refractivity contribution is 5.70. The quantitative estimate of drug-likeness (QED) is 0.0377. The summed E-state index contributed by atoms with van der Waals surface area (Å²) in [6.45, 7) is 4.85. The first-order chi connectivity index (χ1) is 24.0. The van der Waals surface area contributed by atoms with E-state index in [9.17, 15) is 14.4 Å². The van der Waals surface area contributed by atoms with Gasteiger partial charge in [0.25, 0.3) is 0 Å². The van der Waals surface area contributed by atoms with Gasteiger partial charge in [0, 0.05) is 19.4 Å². The number of carbonyl (C=O) groups excluding carboxylic acids is 2. The van der Waals surface area contributed by atoms with Crippen molar-refractivity contribution >= 4 is 17.9 Å². The zero-order valence-electron chi connectivity index (χ0n) is 32.0. The number of nitrogens with one attached hydrogen (secondary N) is 1. The Morgan fingerprint density at radius 2 is 0.816 bits per heavy atom. The molecular weight excluding hydrogens is 614 g/mol. The Balaban J connectivity index is 3.92. The Hall–Kier alpha value is -2.15. The van der Waals surface area contributed by atoms with Crippen LogP contribution in [0.1, 0.15) is 200 Å². The summed E-state index contributed by atoms with van der Waals surface area (Å²) in [6.07, 6.45) is 41.4. The van der Waals surface area contributed by atoms with Crippen LogP contribution in [0.15, 0.2) is 24.3 Å². The zero-order chi connectivity index (χ0) is 35.9. The van der Waals surface area contributed by atoms with Crippen molar-refractivity contribution in [2.75, 3.05) is 19.8 Å². The second kappa shape index (κ2) is 38.6. The lowest BCUT2D eigenvalue weighted by Crippen LogP contribution is -2.40. The van der Waals surface area contributed by atoms with Gasteiger partial charge in [-0.05, 0) is 64.2 Å². The molecule has 0 spiro atoms. The van der Waals surface area contributed by atoms with Gasteiger partial charge in [-0.2, -0.15) is 0 Å². The highest BCUT2D eigenvalue weighted by atomic mass is 16.5. The lowest BCUT2D eigenvalue weighted by atomic mass is 10.1. The summed E-state index contributed by atoms with van der Waals surface area (Å²) in [5.74, 6) is -1.43. The minimum atomic E-state index is -0.909. The summed E-state index contributed by atoms with van der Waals surface area (Å²) in [4.78, 5) is 35.5. The summed E-state index contributed by atoms with van der Waals surface area (Å²) in [5.41, 5.74) is 0. The molecule has 0 aromatic rings. The summed E-state index contributed by atoms with van der Waals surface area (Å²) in [5, 5.41) is 12.0. The SMILES string of the molecule is CCCCCCCC/C=C\CCCCCCCC(=O)OCC(COC(=O)CCCCCCC/C=C\CCCCCCCC)NCCC(=O)O. The number of ether oxygens (including phenoxy) is 2. The predicted octanol–water partition coefficient (Wildman–Crippen LogP) is 11.6. The number of esters is 2. The molecule has 0 aromatic heterocycles. The van der Waals surface area contributed by atoms with E-state index >= 15 is 0 Å². The molecular formula is C42H77NO6. The van der Waals surface area contributed by atoms with Crippen molar-refractivity contribution in [1.29, 1.82) is 0 Å². The smallest absolute Gasteiger partial charge is 0.305 e. The highest BCUT2D eigenvalue weighted by Gasteiger charge is 2.15. The van der Waals surface area contributed by atoms with Gasteiger partial charge in [-0.1, -0.05) is 141 Å². The van der Waals surface area contributed by atoms with Crippen molar-refractivity contribution in [3.8, 4) is 0 Å². The van der Waals surface area contributed by atoms with Crippen molar-refractivity contribution < 1.29 is 29.0 Å². The van der Waals surface area contributed by atoms with Crippen molar-refractivity contribution in [2.24, 2.45) is 0 Å². The van der Waals surface area contributed by atoms with Crippen LogP contribution in [0, 0.1) is 0 Å². The molecule has 0 bridgehead atoms. The second-order valence-corrected chi connectivity index (χ2v) is 13.8. The minimum absolute atomic E-state index is 0.0533. The Morgan fingerprint density at radius 3 is 1.16 bits per heavy atom. The van der Waals surface area contributed by atoms with E-state index in [0.29, 0.717) is 12.8 Å². The van der Waals surface area contributed by atoms with Gasteiger partial charge in [-0.15, -0.1) is 0 Å². The number of hydrogen-bond donors (Lipinski definition) is 2. The molecule has 0 saturated carbocycles. The molecule has 0 aliphatic carbocycles. The molecule has 0 rings (SSSR count). The van der Waals surface area contributed by atoms with Crippen LogP contribution in [0.3, 0.4) is 0 Å². The Kier molecular flexibility index (Phi) is 37.0. The van der Waals surface area contributed by atoms with E-state index in [-0.39, 0.29) is 38.1 Å². The monoisotopic (exact) mass is 692 g/mol. The largest absolute Gasteiger partial charge is 0.481 e. The van der Waals surface area contributed by atoms with E-state index in [1.54, 1.807) is 0 Å². The van der Waals surface area contributed by atoms with Crippen LogP contribution in [-0.2, 0) is 23.9 Å². The topological polar surface area (TPSA) is 102 Å². The fourth-order valence-electron chi connectivity index (χ4n) is 5.76. The molecule has 0 amide bonds. The molecule has 0 radical (unpaired) electrons. The molecule has 0 heterocycles. The van der Waals surface area contributed by atoms with Crippen LogP contribution in [0.4, 0.5) is 0 Å². The van der Waals surface area contributed by atoms with E-state index in [1.165, 1.54) is 116 Å². The van der Waals surface area contributed by atoms with Crippen LogP contribution < -0.4 is 5.32 Å². The first-order valence-corrected chi connectivity index (χ1v) is 20.6. The van der Waals surface area contributed by atoms with E-state index in [2.05, 4.69) is 43.5 Å². The molecule has 7 heteroatoms. The van der Waals surface area contributed by atoms with Crippen LogP contribution in [-0.4, -0.2) is 48.8 Å². The molecule has 49 heavy (non-hydrogen) atoms. The fourth-order valence-corrected chi connectivity index (χ4v) is 5.76. The molecule has 0 fully saturated rings. The Labute approximate surface area is 301 Å². The number of aliphatic carboxylic acids is 1. The van der Waals surface area contributed by atoms with Gasteiger partial charge in [0.15, 0.2) is 0 Å². The van der Waals surface area contributed by atoms with Crippen LogP contribution in [0.5, 0.6) is 0 Å². The number of unbranched alkanes of at least 4 members (excludes halogenated alkanes) is 22. The van der Waals surface area contributed by atoms with Gasteiger partial charge >= 0.3 is 17.9 Å². The first kappa shape index (κ1) is 46.9. The molecule has 0 saturated heterocycles. The van der Waals surface area contributed by atoms with Gasteiger partial charge < -0.3 is 19.9 Å². The number of carboxylic acids is 1. The van der Waals surface area contributed by atoms with Crippen LogP contribution in [0.2, 0.25) is 0 Å². The highest BCUT2D eigenvalue weighted by Crippen LogP contribution is 2.12. The molecule has 0 aliphatic heterocycles. The minimum Gasteiger partial charge on any atom is -0.481 e. The maximum absolute atomic E-state index is 12.3. The normalized spacial score (nSPS) is 11.7. The third-order valence-corrected chi connectivity index (χ3v) is 8.95. The molecule has 0 aliphatic rings. The van der Waals surface area contributed by atoms with E-state index in [0.717, 1.165) is 51.4 Å². The van der Waals surface area contributed by atoms with Crippen molar-refractivity contribution in [3.05, 3.63) is 24.3 Å². The van der Waals surface area contributed by atoms with Gasteiger partial charge in [-0.3, -0.25) is 14.4 Å². The molecule has 286 valence electrons. The maximum atomic E-state index is 12.3. The van der Waals surface area contributed by atoms with Crippen molar-refractivity contribution in [3.63, 3.8) is 0 Å². The lowest BCUT2D eigenvalue weighted by molar-refractivity contribution is -0.148. The second-order valence-electron chi connectivity index (χ2n) is 13.8. The number of carbonyl (C=O) groups is 3. The molecule has 0 atom stereocenters. The van der Waals surface area contributed by atoms with E-state index in [1.807, 2.05) is 0 Å². The average molecular weight is 692 g/mol. The van der Waals surface area contributed by atoms with Gasteiger partial charge in [0.05, 0.1) is 12.5 Å². The van der Waals surface area contributed by atoms with E-state index in [4.69, 9.17) is 14.6 Å². The summed E-state index contributed by atoms with van der Waals surface area (Å²) >= 11 is 0. The molecule has 2 N–H and O–H groups in total. The standard InChI is InChI=1S/C42H77NO6/c1-3-5-7-9-11-13-15-17-19-21-23-25-27-29-31-33-41(46)48-37-39(43-36-35-40(44)45)38-49-42(47)34-32-30-28-26-24-22-20-18-16-14-12-10-8-6-4-2/h17-20,39,43H,3-16,21-38H2,1-2H3,(H,44,45)/b19-17-,20-18-. The number of hydrogen-bond acceptors (Lipinski definition) is 6. The number of allylic oxidation sites excluding steroid dienone is 4. The van der Waals surface area contributed by atoms with Crippen molar-refractivity contribution in [2.45, 2.75) is 206 Å². The summed E-state index contributed by atoms with van der Waals surface area (Å²) in [6, 6.07) is -0.421. The Morgan fingerprint density at radius 1 is 0.490 bits per heavy atom. The molecule has 0 unspecified atom stereocenters. The summed E-state index contributed by atoms with van der Waals surface area (Å²) in [7, 11) is 0. The van der Waals surface area contributed by atoms with Gasteiger partial charge in [0.2, 0.25) is 0 Å². The van der Waals surface area contributed by atoms with Crippen molar-refractivity contribution in [1.82, 2.24) is 5.32 Å². The first-order valence-electron chi connectivity index (χ1n) is 20.6. The number of rotatable bonds is 38. The predicted molar refractivity (Wildman–Crippen MR) is 205 cm³/mol. The Bertz CT molecular complexity index is 755. The third kappa shape index (κ3) is 38.5. The maximum Gasteiger partial charge on any atom is 0.305 e. The summed E-state index contributed by atoms with van der Waals surface area (Å²) < 4.78 is 10.9. The lowest BCUT2D eigenvalue weighted by Gasteiger charge is -2.18.